The molecule has 1 aliphatic rings. The Kier molecular flexibility index (Phi) is 12.4. The van der Waals surface area contributed by atoms with Crippen LogP contribution in [0.1, 0.15) is 45.1 Å². The Bertz CT molecular complexity index is 959. The molecule has 2 rings (SSSR count). The monoisotopic (exact) mass is 536 g/mol. The van der Waals surface area contributed by atoms with Gasteiger partial charge in [0.15, 0.2) is 6.04 Å². The van der Waals surface area contributed by atoms with Crippen LogP contribution in [0.25, 0.3) is 0 Å². The molecule has 1 aliphatic heterocycles. The molecule has 3 unspecified atom stereocenters. The fraction of sp³-hybridized carbons (Fsp3) is 0.600. The van der Waals surface area contributed by atoms with E-state index in [0.717, 1.165) is 10.5 Å². The van der Waals surface area contributed by atoms with Crippen LogP contribution in [0.15, 0.2) is 30.3 Å². The molecular weight excluding hydrogens is 500 g/mol. The highest BCUT2D eigenvalue weighted by Crippen LogP contribution is 2.18. The number of carbonyl (C=O) groups is 4. The third-order valence-electron chi connectivity index (χ3n) is 5.99. The number of ether oxygens (including phenoxy) is 2. The summed E-state index contributed by atoms with van der Waals surface area (Å²) in [6.45, 7) is 3.35. The lowest BCUT2D eigenvalue weighted by Gasteiger charge is -2.26. The summed E-state index contributed by atoms with van der Waals surface area (Å²) < 4.78 is 10.4. The highest BCUT2D eigenvalue weighted by Gasteiger charge is 2.46. The molecule has 1 aromatic carbocycles. The molecule has 0 aliphatic carbocycles. The maximum Gasteiger partial charge on any atom is 0.331 e. The van der Waals surface area contributed by atoms with Crippen molar-refractivity contribution in [3.63, 3.8) is 0 Å². The Hall–Kier alpha value is -3.74. The van der Waals surface area contributed by atoms with Crippen molar-refractivity contribution in [2.45, 2.75) is 64.1 Å². The van der Waals surface area contributed by atoms with Gasteiger partial charge in [-0.25, -0.2) is 14.5 Å². The van der Waals surface area contributed by atoms with Crippen LogP contribution in [0, 0.1) is 10.1 Å². The first-order chi connectivity index (χ1) is 18.1. The molecule has 0 bridgehead atoms. The van der Waals surface area contributed by atoms with Gasteiger partial charge in [-0.05, 0) is 51.5 Å². The van der Waals surface area contributed by atoms with Gasteiger partial charge in [-0.1, -0.05) is 30.3 Å². The van der Waals surface area contributed by atoms with E-state index in [4.69, 9.17) is 9.47 Å². The second-order valence-electron chi connectivity index (χ2n) is 8.89. The fourth-order valence-corrected chi connectivity index (χ4v) is 4.00. The zero-order chi connectivity index (χ0) is 28.1. The number of nitrogens with one attached hydrogen (secondary N) is 1. The summed E-state index contributed by atoms with van der Waals surface area (Å²) >= 11 is 0. The number of likely N-dealkylation sites (N-methyl/N-ethyl adjacent to an activating group) is 1. The lowest BCUT2D eigenvalue weighted by Crippen LogP contribution is -2.55. The standard InChI is InChI=1S/C25H36N4O9/c1-4-36-23(31)20(14-13-19-11-7-5-8-12-19)26-18(2)22(30)28-21(17-27(3)25(28)33)24(32)37-15-9-6-10-16-38-29(34)35/h5,7-8,11-12,18,20-21,26H,4,6,9-10,13-17H2,1-3H3. The van der Waals surface area contributed by atoms with E-state index in [-0.39, 0.29) is 26.4 Å². The van der Waals surface area contributed by atoms with Crippen LogP contribution >= 0.6 is 0 Å². The molecule has 3 atom stereocenters. The van der Waals surface area contributed by atoms with Gasteiger partial charge in [0.2, 0.25) is 5.91 Å². The van der Waals surface area contributed by atoms with Gasteiger partial charge in [0.1, 0.15) is 6.04 Å². The molecule has 210 valence electrons. The molecule has 38 heavy (non-hydrogen) atoms. The molecule has 0 saturated carbocycles. The van der Waals surface area contributed by atoms with E-state index in [1.165, 1.54) is 18.9 Å². The Labute approximate surface area is 221 Å². The average Bonchev–Trinajstić information content (AvgIpc) is 3.19. The average molecular weight is 537 g/mol. The quantitative estimate of drug-likeness (QED) is 0.143. The van der Waals surface area contributed by atoms with Crippen molar-refractivity contribution in [2.24, 2.45) is 0 Å². The molecule has 3 amide bonds. The Morgan fingerprint density at radius 1 is 1.13 bits per heavy atom. The molecule has 1 heterocycles. The third-order valence-corrected chi connectivity index (χ3v) is 5.99. The predicted octanol–water partition coefficient (Wildman–Crippen LogP) is 1.71. The van der Waals surface area contributed by atoms with E-state index in [1.807, 2.05) is 30.3 Å². The van der Waals surface area contributed by atoms with Gasteiger partial charge >= 0.3 is 18.0 Å². The maximum absolute atomic E-state index is 13.3. The van der Waals surface area contributed by atoms with Crippen molar-refractivity contribution in [3.05, 3.63) is 46.0 Å². The number of rotatable bonds is 16. The number of unbranched alkanes of at least 4 members (excludes halogenated alkanes) is 2. The van der Waals surface area contributed by atoms with Gasteiger partial charge in [0.25, 0.3) is 5.09 Å². The van der Waals surface area contributed by atoms with E-state index < -0.39 is 47.1 Å². The number of carbonyl (C=O) groups excluding carboxylic acids is 4. The normalized spacial score (nSPS) is 16.6. The Balaban J connectivity index is 1.97. The van der Waals surface area contributed by atoms with Crippen LogP contribution in [0.3, 0.4) is 0 Å². The van der Waals surface area contributed by atoms with Crippen LogP contribution in [0.5, 0.6) is 0 Å². The highest BCUT2D eigenvalue weighted by atomic mass is 16.9. The van der Waals surface area contributed by atoms with Crippen molar-refractivity contribution in [2.75, 3.05) is 33.4 Å². The summed E-state index contributed by atoms with van der Waals surface area (Å²) in [7, 11) is 1.48. The first-order valence-corrected chi connectivity index (χ1v) is 12.6. The molecule has 1 saturated heterocycles. The minimum atomic E-state index is -1.13. The molecule has 0 spiro atoms. The summed E-state index contributed by atoms with van der Waals surface area (Å²) in [6.07, 6.45) is 2.33. The summed E-state index contributed by atoms with van der Waals surface area (Å²) in [5.41, 5.74) is 1.02. The number of aryl methyl sites for hydroxylation is 1. The molecule has 0 radical (unpaired) electrons. The third kappa shape index (κ3) is 9.29. The SMILES string of the molecule is CCOC(=O)C(CCc1ccccc1)NC(C)C(=O)N1C(=O)N(C)CC1C(=O)OCCCCCO[N+](=O)[O-]. The highest BCUT2D eigenvalue weighted by molar-refractivity contribution is 6.03. The minimum absolute atomic E-state index is 0.0257. The number of hydrogen-bond acceptors (Lipinski definition) is 10. The van der Waals surface area contributed by atoms with Crippen molar-refractivity contribution < 1.29 is 38.6 Å². The van der Waals surface area contributed by atoms with E-state index >= 15 is 0 Å². The molecular formula is C25H36N4O9. The van der Waals surface area contributed by atoms with Crippen LogP contribution in [0.4, 0.5) is 4.79 Å². The van der Waals surface area contributed by atoms with Crippen LogP contribution < -0.4 is 5.32 Å². The van der Waals surface area contributed by atoms with Crippen LogP contribution in [0.2, 0.25) is 0 Å². The second-order valence-corrected chi connectivity index (χ2v) is 8.89. The first-order valence-electron chi connectivity index (χ1n) is 12.6. The number of esters is 2. The first kappa shape index (κ1) is 30.5. The van der Waals surface area contributed by atoms with Crippen molar-refractivity contribution in [1.29, 1.82) is 0 Å². The number of nitrogens with zero attached hydrogens (tertiary/aromatic N) is 3. The van der Waals surface area contributed by atoms with Gasteiger partial charge < -0.3 is 19.2 Å². The van der Waals surface area contributed by atoms with Gasteiger partial charge in [0, 0.05) is 7.05 Å². The largest absolute Gasteiger partial charge is 0.465 e. The summed E-state index contributed by atoms with van der Waals surface area (Å²) in [5, 5.41) is 12.3. The zero-order valence-corrected chi connectivity index (χ0v) is 22.0. The van der Waals surface area contributed by atoms with Crippen molar-refractivity contribution >= 4 is 23.9 Å². The molecule has 13 heteroatoms. The summed E-state index contributed by atoms with van der Waals surface area (Å²) in [4.78, 5) is 67.8. The van der Waals surface area contributed by atoms with Crippen molar-refractivity contribution in [3.8, 4) is 0 Å². The number of hydrogen-bond donors (Lipinski definition) is 1. The molecule has 13 nitrogen and oxygen atoms in total. The predicted molar refractivity (Wildman–Crippen MR) is 134 cm³/mol. The maximum atomic E-state index is 13.3. The minimum Gasteiger partial charge on any atom is -0.465 e. The van der Waals surface area contributed by atoms with E-state index in [1.54, 1.807) is 6.92 Å². The van der Waals surface area contributed by atoms with Crippen molar-refractivity contribution in [1.82, 2.24) is 15.1 Å². The van der Waals surface area contributed by atoms with Gasteiger partial charge in [-0.2, -0.15) is 0 Å². The molecule has 1 fully saturated rings. The Morgan fingerprint density at radius 2 is 1.82 bits per heavy atom. The van der Waals surface area contributed by atoms with Gasteiger partial charge in [0.05, 0.1) is 32.4 Å². The zero-order valence-electron chi connectivity index (χ0n) is 22.0. The van der Waals surface area contributed by atoms with Gasteiger partial charge in [-0.3, -0.25) is 14.9 Å². The van der Waals surface area contributed by atoms with Gasteiger partial charge in [-0.15, -0.1) is 10.1 Å². The topological polar surface area (TPSA) is 158 Å². The van der Waals surface area contributed by atoms with E-state index in [2.05, 4.69) is 10.2 Å². The smallest absolute Gasteiger partial charge is 0.331 e. The molecule has 1 N–H and O–H groups in total. The molecule has 1 aromatic rings. The lowest BCUT2D eigenvalue weighted by atomic mass is 10.0. The second kappa shape index (κ2) is 15.5. The summed E-state index contributed by atoms with van der Waals surface area (Å²) in [6, 6.07) is 6.03. The fourth-order valence-electron chi connectivity index (χ4n) is 4.00. The van der Waals surface area contributed by atoms with Crippen LogP contribution in [-0.2, 0) is 35.1 Å². The van der Waals surface area contributed by atoms with E-state index in [0.29, 0.717) is 32.1 Å². The molecule has 0 aromatic heterocycles. The lowest BCUT2D eigenvalue weighted by molar-refractivity contribution is -0.757. The van der Waals surface area contributed by atoms with E-state index in [9.17, 15) is 29.3 Å². The Morgan fingerprint density at radius 3 is 2.47 bits per heavy atom. The number of benzene rings is 1. The number of amides is 3. The number of urea groups is 1. The number of imide groups is 1. The van der Waals surface area contributed by atoms with Crippen LogP contribution in [-0.4, -0.2) is 90.3 Å². The summed E-state index contributed by atoms with van der Waals surface area (Å²) in [5.74, 6) is -1.89.